The molecule has 2 aromatic rings. The molecule has 0 N–H and O–H groups in total. The number of thiophene rings is 1. The second-order valence-electron chi connectivity index (χ2n) is 4.82. The van der Waals surface area contributed by atoms with E-state index in [4.69, 9.17) is 4.74 Å². The van der Waals surface area contributed by atoms with Crippen LogP contribution in [0.25, 0.3) is 16.7 Å². The van der Waals surface area contributed by atoms with Gasteiger partial charge >= 0.3 is 0 Å². The van der Waals surface area contributed by atoms with Gasteiger partial charge in [-0.05, 0) is 57.3 Å². The lowest BCUT2D eigenvalue weighted by Crippen LogP contribution is -1.93. The maximum Gasteiger partial charge on any atom is 0.115 e. The number of allylic oxidation sites excluding steroid dienone is 4. The van der Waals surface area contributed by atoms with E-state index in [0.29, 0.717) is 0 Å². The molecule has 0 radical (unpaired) electrons. The van der Waals surface area contributed by atoms with Crippen LogP contribution in [-0.4, -0.2) is 7.11 Å². The molecule has 0 spiro atoms. The molecule has 1 aromatic carbocycles. The molecule has 1 aliphatic carbocycles. The van der Waals surface area contributed by atoms with Gasteiger partial charge in [-0.25, -0.2) is 0 Å². The van der Waals surface area contributed by atoms with Gasteiger partial charge in [-0.1, -0.05) is 36.9 Å². The summed E-state index contributed by atoms with van der Waals surface area (Å²) in [7, 11) is 1.70. The molecule has 0 unspecified atom stereocenters. The molecular weight excluding hydrogens is 344 g/mol. The van der Waals surface area contributed by atoms with Crippen LogP contribution in [0.4, 0.5) is 0 Å². The zero-order valence-electron chi connectivity index (χ0n) is 11.7. The SMILES string of the molecule is C=C1/C=C\C(OC)=C/Cc2ccccc2-c2cc(Br)sc21. The van der Waals surface area contributed by atoms with Crippen LogP contribution in [0.1, 0.15) is 10.4 Å². The molecule has 0 atom stereocenters. The van der Waals surface area contributed by atoms with E-state index in [1.165, 1.54) is 21.6 Å². The molecule has 21 heavy (non-hydrogen) atoms. The third-order valence-corrected chi connectivity index (χ3v) is 5.22. The minimum atomic E-state index is 0.850. The van der Waals surface area contributed by atoms with E-state index < -0.39 is 0 Å². The number of rotatable bonds is 1. The van der Waals surface area contributed by atoms with Crippen molar-refractivity contribution >= 4 is 32.8 Å². The van der Waals surface area contributed by atoms with Crippen LogP contribution in [-0.2, 0) is 11.2 Å². The number of fused-ring (bicyclic) bond motifs is 3. The monoisotopic (exact) mass is 358 g/mol. The quantitative estimate of drug-likeness (QED) is 0.622. The van der Waals surface area contributed by atoms with Gasteiger partial charge in [0.25, 0.3) is 0 Å². The molecule has 0 bridgehead atoms. The fraction of sp³-hybridized carbons (Fsp3) is 0.111. The van der Waals surface area contributed by atoms with Crippen molar-refractivity contribution in [1.29, 1.82) is 0 Å². The second kappa shape index (κ2) is 6.04. The normalized spacial score (nSPS) is 18.2. The molecule has 3 heteroatoms. The molecule has 1 aliphatic rings. The number of benzene rings is 1. The number of ether oxygens (including phenoxy) is 1. The van der Waals surface area contributed by atoms with Crippen molar-refractivity contribution in [3.63, 3.8) is 0 Å². The number of hydrogen-bond acceptors (Lipinski definition) is 2. The summed E-state index contributed by atoms with van der Waals surface area (Å²) in [4.78, 5) is 1.20. The van der Waals surface area contributed by atoms with Crippen LogP contribution in [0.5, 0.6) is 0 Å². The molecule has 0 amide bonds. The van der Waals surface area contributed by atoms with Crippen molar-refractivity contribution in [2.45, 2.75) is 6.42 Å². The Hall–Kier alpha value is -1.58. The Balaban J connectivity index is 2.24. The lowest BCUT2D eigenvalue weighted by Gasteiger charge is -2.11. The third-order valence-electron chi connectivity index (χ3n) is 3.51. The van der Waals surface area contributed by atoms with Gasteiger partial charge < -0.3 is 4.74 Å². The Kier molecular flexibility index (Phi) is 4.13. The van der Waals surface area contributed by atoms with Gasteiger partial charge in [-0.3, -0.25) is 0 Å². The summed E-state index contributed by atoms with van der Waals surface area (Å²) in [5.41, 5.74) is 4.80. The van der Waals surface area contributed by atoms with Crippen molar-refractivity contribution < 1.29 is 4.74 Å². The maximum atomic E-state index is 5.41. The first-order valence-corrected chi connectivity index (χ1v) is 8.29. The molecule has 0 saturated carbocycles. The zero-order valence-corrected chi connectivity index (χ0v) is 14.1. The Morgan fingerprint density at radius 3 is 2.81 bits per heavy atom. The Bertz CT molecular complexity index is 752. The fourth-order valence-electron chi connectivity index (χ4n) is 2.45. The predicted molar refractivity (Wildman–Crippen MR) is 94.4 cm³/mol. The maximum absolute atomic E-state index is 5.41. The smallest absolute Gasteiger partial charge is 0.115 e. The Morgan fingerprint density at radius 2 is 2.00 bits per heavy atom. The van der Waals surface area contributed by atoms with Crippen molar-refractivity contribution in [3.8, 4) is 11.1 Å². The first-order valence-electron chi connectivity index (χ1n) is 6.68. The van der Waals surface area contributed by atoms with E-state index in [2.05, 4.69) is 58.9 Å². The lowest BCUT2D eigenvalue weighted by molar-refractivity contribution is 0.305. The van der Waals surface area contributed by atoms with Crippen molar-refractivity contribution in [3.05, 3.63) is 75.1 Å². The van der Waals surface area contributed by atoms with Gasteiger partial charge in [0.1, 0.15) is 5.76 Å². The number of hydrogen-bond donors (Lipinski definition) is 0. The topological polar surface area (TPSA) is 9.23 Å². The van der Waals surface area contributed by atoms with Gasteiger partial charge in [0.2, 0.25) is 0 Å². The van der Waals surface area contributed by atoms with Crippen LogP contribution in [0.15, 0.2) is 64.7 Å². The third kappa shape index (κ3) is 2.89. The van der Waals surface area contributed by atoms with E-state index in [1.807, 2.05) is 12.2 Å². The molecule has 0 saturated heterocycles. The molecule has 0 fully saturated rings. The van der Waals surface area contributed by atoms with E-state index in [0.717, 1.165) is 21.5 Å². The molecule has 3 rings (SSSR count). The molecule has 1 heterocycles. The van der Waals surface area contributed by atoms with Crippen LogP contribution in [0, 0.1) is 0 Å². The summed E-state index contributed by atoms with van der Waals surface area (Å²) in [6.45, 7) is 4.20. The first-order chi connectivity index (χ1) is 10.2. The summed E-state index contributed by atoms with van der Waals surface area (Å²) in [5.74, 6) is 0.866. The second-order valence-corrected chi connectivity index (χ2v) is 7.26. The summed E-state index contributed by atoms with van der Waals surface area (Å²) in [6.07, 6.45) is 6.96. The summed E-state index contributed by atoms with van der Waals surface area (Å²) in [5, 5.41) is 0. The van der Waals surface area contributed by atoms with Gasteiger partial charge in [0, 0.05) is 10.4 Å². The zero-order chi connectivity index (χ0) is 14.8. The molecule has 0 aliphatic heterocycles. The van der Waals surface area contributed by atoms with Crippen molar-refractivity contribution in [1.82, 2.24) is 0 Å². The van der Waals surface area contributed by atoms with Crippen LogP contribution in [0.2, 0.25) is 0 Å². The predicted octanol–water partition coefficient (Wildman–Crippen LogP) is 5.83. The molecular formula is C18H15BrOS. The Morgan fingerprint density at radius 1 is 1.19 bits per heavy atom. The standard InChI is InChI=1S/C18H15BrOS/c1-12-7-9-14(20-2)10-8-13-5-3-4-6-15(13)16-11-17(19)21-18(12)16/h3-7,9-11H,1,8H2,2H3/b9-7-,14-10+. The first kappa shape index (κ1) is 14.4. The highest BCUT2D eigenvalue weighted by molar-refractivity contribution is 9.11. The minimum absolute atomic E-state index is 0.850. The van der Waals surface area contributed by atoms with E-state index in [-0.39, 0.29) is 0 Å². The van der Waals surface area contributed by atoms with Crippen molar-refractivity contribution in [2.75, 3.05) is 7.11 Å². The summed E-state index contributed by atoms with van der Waals surface area (Å²) < 4.78 is 6.53. The van der Waals surface area contributed by atoms with Crippen LogP contribution in [0.3, 0.4) is 0 Å². The van der Waals surface area contributed by atoms with E-state index >= 15 is 0 Å². The summed E-state index contributed by atoms with van der Waals surface area (Å²) in [6, 6.07) is 10.7. The van der Waals surface area contributed by atoms with E-state index in [9.17, 15) is 0 Å². The molecule has 106 valence electrons. The van der Waals surface area contributed by atoms with Gasteiger partial charge in [0.05, 0.1) is 10.9 Å². The lowest BCUT2D eigenvalue weighted by atomic mass is 9.95. The van der Waals surface area contributed by atoms with Crippen molar-refractivity contribution in [2.24, 2.45) is 0 Å². The van der Waals surface area contributed by atoms with Crippen LogP contribution >= 0.6 is 27.3 Å². The highest BCUT2D eigenvalue weighted by Crippen LogP contribution is 2.40. The van der Waals surface area contributed by atoms with Gasteiger partial charge in [0.15, 0.2) is 0 Å². The minimum Gasteiger partial charge on any atom is -0.497 e. The number of methoxy groups -OCH3 is 1. The highest BCUT2D eigenvalue weighted by atomic mass is 79.9. The van der Waals surface area contributed by atoms with Gasteiger partial charge in [-0.2, -0.15) is 0 Å². The average molecular weight is 359 g/mol. The van der Waals surface area contributed by atoms with E-state index in [1.54, 1.807) is 18.4 Å². The Labute approximate surface area is 137 Å². The largest absolute Gasteiger partial charge is 0.497 e. The molecule has 1 aromatic heterocycles. The van der Waals surface area contributed by atoms with Crippen LogP contribution < -0.4 is 0 Å². The number of halogens is 1. The summed E-state index contributed by atoms with van der Waals surface area (Å²) >= 11 is 5.32. The average Bonchev–Trinajstić information content (AvgIpc) is 2.89. The van der Waals surface area contributed by atoms with Gasteiger partial charge in [-0.15, -0.1) is 11.3 Å². The fourth-order valence-corrected chi connectivity index (χ4v) is 4.01. The molecule has 1 nitrogen and oxygen atoms in total. The highest BCUT2D eigenvalue weighted by Gasteiger charge is 2.15.